The molecule has 0 heterocycles. The summed E-state index contributed by atoms with van der Waals surface area (Å²) in [5.41, 5.74) is 6.45. The molecule has 0 saturated carbocycles. The van der Waals surface area contributed by atoms with Gasteiger partial charge in [0.1, 0.15) is 0 Å². The van der Waals surface area contributed by atoms with Gasteiger partial charge in [-0.15, -0.1) is 0 Å². The smallest absolute Gasteiger partial charge is 0.251 e. The Kier molecular flexibility index (Phi) is 4.99. The maximum Gasteiger partial charge on any atom is 0.251 e. The minimum atomic E-state index is -0.292. The third-order valence-corrected chi connectivity index (χ3v) is 2.97. The van der Waals surface area contributed by atoms with Crippen LogP contribution in [-0.4, -0.2) is 22.5 Å². The number of carbonyl (C=O) groups is 1. The van der Waals surface area contributed by atoms with Gasteiger partial charge in [-0.25, -0.2) is 0 Å². The number of rotatable bonds is 4. The summed E-state index contributed by atoms with van der Waals surface area (Å²) in [5.74, 6) is -0.106. The molecule has 0 aliphatic rings. The molecule has 1 rings (SSSR count). The van der Waals surface area contributed by atoms with Gasteiger partial charge in [-0.3, -0.25) is 4.79 Å². The van der Waals surface area contributed by atoms with Crippen LogP contribution in [0.3, 0.4) is 0 Å². The van der Waals surface area contributed by atoms with Crippen molar-refractivity contribution in [1.29, 1.82) is 0 Å². The predicted octanol–water partition coefficient (Wildman–Crippen LogP) is 2.73. The monoisotopic (exact) mass is 291 g/mol. The van der Waals surface area contributed by atoms with Gasteiger partial charge in [-0.1, -0.05) is 38.1 Å². The minimum absolute atomic E-state index is 0.0232. The van der Waals surface area contributed by atoms with Crippen LogP contribution in [0.5, 0.6) is 0 Å². The Hall–Kier alpha value is -2.04. The van der Waals surface area contributed by atoms with Crippen LogP contribution in [-0.2, 0) is 0 Å². The number of nitrogens with zero attached hydrogens (tertiary/aromatic N) is 1. The summed E-state index contributed by atoms with van der Waals surface area (Å²) in [6.45, 7) is 10.5. The van der Waals surface area contributed by atoms with E-state index in [4.69, 9.17) is 10.9 Å². The lowest BCUT2D eigenvalue weighted by atomic mass is 9.81. The van der Waals surface area contributed by atoms with E-state index in [-0.39, 0.29) is 22.7 Å². The van der Waals surface area contributed by atoms with Crippen molar-refractivity contribution < 1.29 is 10.0 Å². The van der Waals surface area contributed by atoms with Crippen molar-refractivity contribution in [3.05, 3.63) is 35.4 Å². The second-order valence-corrected chi connectivity index (χ2v) is 7.14. The summed E-state index contributed by atoms with van der Waals surface area (Å²) in [6.07, 6.45) is 0.869. The van der Waals surface area contributed by atoms with Crippen molar-refractivity contribution in [2.45, 2.75) is 46.6 Å². The van der Waals surface area contributed by atoms with Crippen molar-refractivity contribution in [3.8, 4) is 0 Å². The quantitative estimate of drug-likeness (QED) is 0.345. The van der Waals surface area contributed by atoms with E-state index in [9.17, 15) is 4.79 Å². The number of nitrogens with one attached hydrogen (secondary N) is 1. The van der Waals surface area contributed by atoms with Gasteiger partial charge in [0.05, 0.1) is 0 Å². The van der Waals surface area contributed by atoms with Crippen molar-refractivity contribution in [1.82, 2.24) is 5.32 Å². The highest BCUT2D eigenvalue weighted by molar-refractivity contribution is 5.99. The molecule has 1 aromatic rings. The summed E-state index contributed by atoms with van der Waals surface area (Å²) in [4.78, 5) is 12.3. The number of nitrogens with two attached hydrogens (primary N) is 1. The highest BCUT2D eigenvalue weighted by atomic mass is 16.4. The molecule has 0 fully saturated rings. The first-order valence-electron chi connectivity index (χ1n) is 6.94. The first-order chi connectivity index (χ1) is 9.54. The van der Waals surface area contributed by atoms with Gasteiger partial charge < -0.3 is 16.3 Å². The van der Waals surface area contributed by atoms with E-state index in [0.717, 1.165) is 6.42 Å². The van der Waals surface area contributed by atoms with Gasteiger partial charge in [-0.2, -0.15) is 0 Å². The van der Waals surface area contributed by atoms with E-state index in [2.05, 4.69) is 31.2 Å². The molecule has 0 aromatic heterocycles. The second-order valence-electron chi connectivity index (χ2n) is 7.14. The zero-order valence-electron chi connectivity index (χ0n) is 13.4. The summed E-state index contributed by atoms with van der Waals surface area (Å²) in [7, 11) is 0. The van der Waals surface area contributed by atoms with Crippen LogP contribution in [0.4, 0.5) is 0 Å². The summed E-state index contributed by atoms with van der Waals surface area (Å²) in [6, 6.07) is 6.63. The lowest BCUT2D eigenvalue weighted by molar-refractivity contribution is 0.0891. The Morgan fingerprint density at radius 1 is 1.14 bits per heavy atom. The van der Waals surface area contributed by atoms with Crippen LogP contribution in [0, 0.1) is 5.41 Å². The molecule has 5 nitrogen and oxygen atoms in total. The van der Waals surface area contributed by atoms with Gasteiger partial charge in [0.15, 0.2) is 5.84 Å². The van der Waals surface area contributed by atoms with Crippen LogP contribution in [0.15, 0.2) is 29.4 Å². The van der Waals surface area contributed by atoms with E-state index in [0.29, 0.717) is 11.1 Å². The fraction of sp³-hybridized carbons (Fsp3) is 0.500. The number of carbonyl (C=O) groups excluding carboxylic acids is 1. The average Bonchev–Trinajstić information content (AvgIpc) is 2.34. The number of amides is 1. The van der Waals surface area contributed by atoms with Gasteiger partial charge >= 0.3 is 0 Å². The molecule has 0 unspecified atom stereocenters. The average molecular weight is 291 g/mol. The van der Waals surface area contributed by atoms with Crippen LogP contribution in [0.25, 0.3) is 0 Å². The van der Waals surface area contributed by atoms with Crippen LogP contribution in [0.2, 0.25) is 0 Å². The maximum absolute atomic E-state index is 12.3. The fourth-order valence-corrected chi connectivity index (χ4v) is 2.60. The molecule has 116 valence electrons. The van der Waals surface area contributed by atoms with Crippen LogP contribution in [0.1, 0.15) is 57.0 Å². The van der Waals surface area contributed by atoms with Crippen molar-refractivity contribution in [2.75, 3.05) is 0 Å². The molecule has 0 atom stereocenters. The number of hydrogen-bond donors (Lipinski definition) is 3. The lowest BCUT2D eigenvalue weighted by Gasteiger charge is -2.33. The normalized spacial score (nSPS) is 13.1. The van der Waals surface area contributed by atoms with Gasteiger partial charge in [-0.05, 0) is 37.8 Å². The minimum Gasteiger partial charge on any atom is -0.409 e. The van der Waals surface area contributed by atoms with Crippen molar-refractivity contribution in [2.24, 2.45) is 16.3 Å². The van der Waals surface area contributed by atoms with Gasteiger partial charge in [0.2, 0.25) is 0 Å². The van der Waals surface area contributed by atoms with Crippen LogP contribution < -0.4 is 11.1 Å². The highest BCUT2D eigenvalue weighted by Crippen LogP contribution is 2.27. The van der Waals surface area contributed by atoms with E-state index in [1.54, 1.807) is 24.3 Å². The third-order valence-electron chi connectivity index (χ3n) is 2.97. The SMILES string of the molecule is CC(C)(C)CC(C)(C)NC(=O)c1ccc(C(N)=NO)cc1. The van der Waals surface area contributed by atoms with E-state index in [1.807, 2.05) is 13.8 Å². The molecule has 5 heteroatoms. The standard InChI is InChI=1S/C16H25N3O2/c1-15(2,3)10-16(4,5)18-14(20)12-8-6-11(7-9-12)13(17)19-21/h6-9,21H,10H2,1-5H3,(H2,17,19)(H,18,20). The first-order valence-corrected chi connectivity index (χ1v) is 6.94. The van der Waals surface area contributed by atoms with E-state index < -0.39 is 0 Å². The summed E-state index contributed by atoms with van der Waals surface area (Å²) < 4.78 is 0. The lowest BCUT2D eigenvalue weighted by Crippen LogP contribution is -2.45. The first kappa shape index (κ1) is 17.0. The molecular weight excluding hydrogens is 266 g/mol. The topological polar surface area (TPSA) is 87.7 Å². The van der Waals surface area contributed by atoms with Crippen molar-refractivity contribution >= 4 is 11.7 Å². The Morgan fingerprint density at radius 3 is 2.05 bits per heavy atom. The third kappa shape index (κ3) is 5.45. The number of oxime groups is 1. The van der Waals surface area contributed by atoms with Gasteiger partial charge in [0, 0.05) is 16.7 Å². The predicted molar refractivity (Wildman–Crippen MR) is 84.6 cm³/mol. The fourth-order valence-electron chi connectivity index (χ4n) is 2.60. The Labute approximate surface area is 126 Å². The molecule has 0 aliphatic heterocycles. The van der Waals surface area contributed by atoms with Gasteiger partial charge in [0.25, 0.3) is 5.91 Å². The maximum atomic E-state index is 12.3. The van der Waals surface area contributed by atoms with E-state index in [1.165, 1.54) is 0 Å². The Bertz CT molecular complexity index is 525. The Morgan fingerprint density at radius 2 is 1.62 bits per heavy atom. The molecule has 0 radical (unpaired) electrons. The molecular formula is C16H25N3O2. The highest BCUT2D eigenvalue weighted by Gasteiger charge is 2.27. The zero-order chi connectivity index (χ0) is 16.3. The number of benzene rings is 1. The van der Waals surface area contributed by atoms with Crippen molar-refractivity contribution in [3.63, 3.8) is 0 Å². The zero-order valence-corrected chi connectivity index (χ0v) is 13.4. The number of hydrogen-bond acceptors (Lipinski definition) is 3. The second kappa shape index (κ2) is 6.16. The largest absolute Gasteiger partial charge is 0.409 e. The molecule has 0 aliphatic carbocycles. The molecule has 1 amide bonds. The number of amidine groups is 1. The van der Waals surface area contributed by atoms with Crippen LogP contribution >= 0.6 is 0 Å². The molecule has 0 spiro atoms. The molecule has 4 N–H and O–H groups in total. The molecule has 1 aromatic carbocycles. The molecule has 0 bridgehead atoms. The van der Waals surface area contributed by atoms with E-state index >= 15 is 0 Å². The molecule has 21 heavy (non-hydrogen) atoms. The molecule has 0 saturated heterocycles. The summed E-state index contributed by atoms with van der Waals surface area (Å²) >= 11 is 0. The summed E-state index contributed by atoms with van der Waals surface area (Å²) in [5, 5.41) is 14.6. The Balaban J connectivity index is 2.80.